The Morgan fingerprint density at radius 1 is 1.54 bits per heavy atom. The van der Waals surface area contributed by atoms with Gasteiger partial charge in [0, 0.05) is 7.11 Å². The fourth-order valence-electron chi connectivity index (χ4n) is 1.15. The normalized spacial score (nSPS) is 13.0. The van der Waals surface area contributed by atoms with Gasteiger partial charge in [-0.15, -0.1) is 0 Å². The van der Waals surface area contributed by atoms with Gasteiger partial charge >= 0.3 is 0 Å². The van der Waals surface area contributed by atoms with Crippen molar-refractivity contribution in [3.63, 3.8) is 0 Å². The number of rotatable bonds is 6. The van der Waals surface area contributed by atoms with Crippen LogP contribution in [-0.4, -0.2) is 37.4 Å². The Morgan fingerprint density at radius 2 is 2.15 bits per heavy atom. The van der Waals surface area contributed by atoms with Gasteiger partial charge in [0.15, 0.2) is 0 Å². The number of carbonyl (C=O) groups is 1. The molecule has 78 valence electrons. The smallest absolute Gasteiger partial charge is 0.246 e. The van der Waals surface area contributed by atoms with Gasteiger partial charge < -0.3 is 15.2 Å². The number of hydrogen-bond acceptors (Lipinski definition) is 3. The molecule has 0 rings (SSSR count). The van der Waals surface area contributed by atoms with Gasteiger partial charge in [0.25, 0.3) is 0 Å². The SMILES string of the molecule is COCC(=O)NC(CO)CC(C)C. The van der Waals surface area contributed by atoms with E-state index in [1.807, 2.05) is 13.8 Å². The minimum atomic E-state index is -0.179. The predicted molar refractivity (Wildman–Crippen MR) is 50.3 cm³/mol. The van der Waals surface area contributed by atoms with Gasteiger partial charge in [0.05, 0.1) is 12.6 Å². The fraction of sp³-hybridized carbons (Fsp3) is 0.889. The van der Waals surface area contributed by atoms with Crippen molar-refractivity contribution in [3.8, 4) is 0 Å². The van der Waals surface area contributed by atoms with Gasteiger partial charge in [-0.05, 0) is 12.3 Å². The molecule has 0 heterocycles. The Hall–Kier alpha value is -0.610. The van der Waals surface area contributed by atoms with E-state index in [0.717, 1.165) is 6.42 Å². The van der Waals surface area contributed by atoms with Crippen molar-refractivity contribution < 1.29 is 14.6 Å². The molecule has 0 saturated heterocycles. The maximum atomic E-state index is 11.0. The fourth-order valence-corrected chi connectivity index (χ4v) is 1.15. The highest BCUT2D eigenvalue weighted by atomic mass is 16.5. The molecule has 0 aromatic carbocycles. The lowest BCUT2D eigenvalue weighted by atomic mass is 10.0. The first-order chi connectivity index (χ1) is 6.10. The number of carbonyl (C=O) groups excluding carboxylic acids is 1. The first kappa shape index (κ1) is 12.4. The Morgan fingerprint density at radius 3 is 2.54 bits per heavy atom. The molecule has 0 aliphatic heterocycles. The van der Waals surface area contributed by atoms with Gasteiger partial charge in [0.1, 0.15) is 6.61 Å². The van der Waals surface area contributed by atoms with E-state index in [-0.39, 0.29) is 25.2 Å². The molecule has 0 saturated carbocycles. The van der Waals surface area contributed by atoms with Crippen molar-refractivity contribution in [2.75, 3.05) is 20.3 Å². The van der Waals surface area contributed by atoms with Crippen molar-refractivity contribution in [1.82, 2.24) is 5.32 Å². The second kappa shape index (κ2) is 6.86. The molecular weight excluding hydrogens is 170 g/mol. The maximum absolute atomic E-state index is 11.0. The zero-order chi connectivity index (χ0) is 10.3. The molecule has 13 heavy (non-hydrogen) atoms. The molecule has 4 heteroatoms. The largest absolute Gasteiger partial charge is 0.394 e. The highest BCUT2D eigenvalue weighted by molar-refractivity contribution is 5.77. The van der Waals surface area contributed by atoms with E-state index in [4.69, 9.17) is 5.11 Å². The zero-order valence-electron chi connectivity index (χ0n) is 8.54. The first-order valence-electron chi connectivity index (χ1n) is 4.49. The van der Waals surface area contributed by atoms with E-state index in [1.54, 1.807) is 0 Å². The van der Waals surface area contributed by atoms with Crippen LogP contribution in [0.4, 0.5) is 0 Å². The third kappa shape index (κ3) is 6.54. The van der Waals surface area contributed by atoms with Crippen molar-refractivity contribution >= 4 is 5.91 Å². The van der Waals surface area contributed by atoms with E-state index in [2.05, 4.69) is 10.1 Å². The average Bonchev–Trinajstić information content (AvgIpc) is 2.02. The molecule has 0 spiro atoms. The number of ether oxygens (including phenoxy) is 1. The monoisotopic (exact) mass is 189 g/mol. The minimum absolute atomic E-state index is 0.0202. The quantitative estimate of drug-likeness (QED) is 0.625. The zero-order valence-corrected chi connectivity index (χ0v) is 8.54. The Labute approximate surface area is 79.3 Å². The van der Waals surface area contributed by atoms with Gasteiger partial charge in [-0.25, -0.2) is 0 Å². The molecule has 0 aliphatic carbocycles. The van der Waals surface area contributed by atoms with Gasteiger partial charge in [-0.3, -0.25) is 4.79 Å². The summed E-state index contributed by atoms with van der Waals surface area (Å²) in [6.07, 6.45) is 0.784. The van der Waals surface area contributed by atoms with Crippen molar-refractivity contribution in [2.24, 2.45) is 5.92 Å². The number of nitrogens with one attached hydrogen (secondary N) is 1. The summed E-state index contributed by atoms with van der Waals surface area (Å²) >= 11 is 0. The van der Waals surface area contributed by atoms with Crippen molar-refractivity contribution in [3.05, 3.63) is 0 Å². The van der Waals surface area contributed by atoms with Gasteiger partial charge in [-0.1, -0.05) is 13.8 Å². The third-order valence-corrected chi connectivity index (χ3v) is 1.62. The Balaban J connectivity index is 3.76. The number of amides is 1. The molecule has 4 nitrogen and oxygen atoms in total. The van der Waals surface area contributed by atoms with Crippen LogP contribution in [0.1, 0.15) is 20.3 Å². The molecule has 1 unspecified atom stereocenters. The van der Waals surface area contributed by atoms with E-state index >= 15 is 0 Å². The number of aliphatic hydroxyl groups is 1. The second-order valence-electron chi connectivity index (χ2n) is 3.51. The molecule has 1 atom stereocenters. The first-order valence-corrected chi connectivity index (χ1v) is 4.49. The lowest BCUT2D eigenvalue weighted by Gasteiger charge is -2.17. The van der Waals surface area contributed by atoms with Crippen LogP contribution >= 0.6 is 0 Å². The summed E-state index contributed by atoms with van der Waals surface area (Å²) in [5.74, 6) is 0.280. The minimum Gasteiger partial charge on any atom is -0.394 e. The summed E-state index contributed by atoms with van der Waals surface area (Å²) in [5.41, 5.74) is 0. The van der Waals surface area contributed by atoms with Crippen LogP contribution < -0.4 is 5.32 Å². The summed E-state index contributed by atoms with van der Waals surface area (Å²) < 4.78 is 4.66. The third-order valence-electron chi connectivity index (χ3n) is 1.62. The van der Waals surface area contributed by atoms with E-state index in [9.17, 15) is 4.79 Å². The van der Waals surface area contributed by atoms with Crippen LogP contribution in [0.15, 0.2) is 0 Å². The highest BCUT2D eigenvalue weighted by Gasteiger charge is 2.12. The van der Waals surface area contributed by atoms with Crippen molar-refractivity contribution in [1.29, 1.82) is 0 Å². The van der Waals surface area contributed by atoms with E-state index in [1.165, 1.54) is 7.11 Å². The van der Waals surface area contributed by atoms with Crippen LogP contribution in [-0.2, 0) is 9.53 Å². The lowest BCUT2D eigenvalue weighted by molar-refractivity contribution is -0.125. The second-order valence-corrected chi connectivity index (χ2v) is 3.51. The average molecular weight is 189 g/mol. The maximum Gasteiger partial charge on any atom is 0.246 e. The Bertz CT molecular complexity index is 148. The van der Waals surface area contributed by atoms with E-state index in [0.29, 0.717) is 5.92 Å². The molecule has 2 N–H and O–H groups in total. The number of aliphatic hydroxyl groups excluding tert-OH is 1. The molecule has 0 aliphatic rings. The predicted octanol–water partition coefficient (Wildman–Crippen LogP) is 0.156. The van der Waals surface area contributed by atoms with Crippen LogP contribution in [0.2, 0.25) is 0 Å². The van der Waals surface area contributed by atoms with Crippen LogP contribution in [0.25, 0.3) is 0 Å². The summed E-state index contributed by atoms with van der Waals surface area (Å²) in [6, 6.07) is -0.150. The highest BCUT2D eigenvalue weighted by Crippen LogP contribution is 2.03. The number of hydrogen-bond donors (Lipinski definition) is 2. The Kier molecular flexibility index (Phi) is 6.54. The topological polar surface area (TPSA) is 58.6 Å². The van der Waals surface area contributed by atoms with E-state index < -0.39 is 0 Å². The lowest BCUT2D eigenvalue weighted by Crippen LogP contribution is -2.40. The van der Waals surface area contributed by atoms with Gasteiger partial charge in [0.2, 0.25) is 5.91 Å². The summed E-state index contributed by atoms with van der Waals surface area (Å²) in [6.45, 7) is 4.12. The van der Waals surface area contributed by atoms with Crippen LogP contribution in [0.3, 0.4) is 0 Å². The molecule has 0 aromatic rings. The number of methoxy groups -OCH3 is 1. The molecule has 0 radical (unpaired) electrons. The summed E-state index contributed by atoms with van der Waals surface area (Å²) in [7, 11) is 1.47. The molecule has 1 amide bonds. The van der Waals surface area contributed by atoms with Crippen LogP contribution in [0.5, 0.6) is 0 Å². The molecule has 0 fully saturated rings. The summed E-state index contributed by atoms with van der Waals surface area (Å²) in [5, 5.41) is 11.6. The van der Waals surface area contributed by atoms with Crippen LogP contribution in [0, 0.1) is 5.92 Å². The molecule has 0 aromatic heterocycles. The van der Waals surface area contributed by atoms with Crippen molar-refractivity contribution in [2.45, 2.75) is 26.3 Å². The van der Waals surface area contributed by atoms with Gasteiger partial charge in [-0.2, -0.15) is 0 Å². The summed E-state index contributed by atoms with van der Waals surface area (Å²) in [4.78, 5) is 11.0. The molecular formula is C9H19NO3. The molecule has 0 bridgehead atoms. The standard InChI is InChI=1S/C9H19NO3/c1-7(2)4-8(5-11)10-9(12)6-13-3/h7-8,11H,4-6H2,1-3H3,(H,10,12).